The quantitative estimate of drug-likeness (QED) is 0.906. The summed E-state index contributed by atoms with van der Waals surface area (Å²) in [7, 11) is 1.65. The Kier molecular flexibility index (Phi) is 4.83. The van der Waals surface area contributed by atoms with E-state index >= 15 is 0 Å². The average molecular weight is 263 g/mol. The van der Waals surface area contributed by atoms with E-state index in [4.69, 9.17) is 4.74 Å². The number of nitrogens with zero attached hydrogens (tertiary/aromatic N) is 1. The molecule has 0 aliphatic carbocycles. The molecule has 19 heavy (non-hydrogen) atoms. The van der Waals surface area contributed by atoms with Gasteiger partial charge in [0, 0.05) is 13.1 Å². The van der Waals surface area contributed by atoms with Crippen molar-refractivity contribution >= 4 is 0 Å². The molecule has 0 saturated carbocycles. The summed E-state index contributed by atoms with van der Waals surface area (Å²) < 4.78 is 5.13. The first-order chi connectivity index (χ1) is 9.10. The second-order valence-corrected chi connectivity index (χ2v) is 5.79. The first-order valence-electron chi connectivity index (χ1n) is 7.14. The number of rotatable bonds is 4. The summed E-state index contributed by atoms with van der Waals surface area (Å²) in [5.74, 6) is 2.35. The van der Waals surface area contributed by atoms with Crippen LogP contribution >= 0.6 is 0 Å². The number of aliphatic hydroxyl groups is 1. The van der Waals surface area contributed by atoms with Gasteiger partial charge < -0.3 is 14.7 Å². The molecule has 3 nitrogen and oxygen atoms in total. The highest BCUT2D eigenvalue weighted by molar-refractivity contribution is 5.28. The molecule has 0 spiro atoms. The van der Waals surface area contributed by atoms with Crippen LogP contribution in [-0.2, 0) is 0 Å². The van der Waals surface area contributed by atoms with E-state index in [-0.39, 0.29) is 0 Å². The molecule has 0 radical (unpaired) electrons. The molecule has 1 fully saturated rings. The molecule has 3 unspecified atom stereocenters. The Morgan fingerprint density at radius 2 is 1.95 bits per heavy atom. The van der Waals surface area contributed by atoms with Gasteiger partial charge in [-0.2, -0.15) is 0 Å². The van der Waals surface area contributed by atoms with Crippen LogP contribution in [0.5, 0.6) is 5.75 Å². The second-order valence-electron chi connectivity index (χ2n) is 5.79. The van der Waals surface area contributed by atoms with Gasteiger partial charge in [0.05, 0.1) is 13.2 Å². The molecule has 1 heterocycles. The molecule has 106 valence electrons. The lowest BCUT2D eigenvalue weighted by Gasteiger charge is -2.36. The Bertz CT molecular complexity index is 390. The van der Waals surface area contributed by atoms with Crippen molar-refractivity contribution in [2.24, 2.45) is 11.8 Å². The Balaban J connectivity index is 1.91. The highest BCUT2D eigenvalue weighted by atomic mass is 16.5. The number of hydrogen-bond acceptors (Lipinski definition) is 3. The monoisotopic (exact) mass is 263 g/mol. The molecule has 1 aliphatic heterocycles. The van der Waals surface area contributed by atoms with Crippen molar-refractivity contribution in [3.63, 3.8) is 0 Å². The highest BCUT2D eigenvalue weighted by Gasteiger charge is 2.24. The van der Waals surface area contributed by atoms with Crippen molar-refractivity contribution in [3.8, 4) is 5.75 Å². The number of aliphatic hydroxyl groups excluding tert-OH is 1. The van der Waals surface area contributed by atoms with E-state index in [2.05, 4.69) is 18.7 Å². The molecule has 3 atom stereocenters. The fraction of sp³-hybridized carbons (Fsp3) is 0.625. The Morgan fingerprint density at radius 1 is 1.26 bits per heavy atom. The maximum absolute atomic E-state index is 10.3. The van der Waals surface area contributed by atoms with Crippen LogP contribution < -0.4 is 4.74 Å². The molecular formula is C16H25NO2. The van der Waals surface area contributed by atoms with Crippen molar-refractivity contribution in [2.75, 3.05) is 26.7 Å². The minimum absolute atomic E-state index is 0.411. The average Bonchev–Trinajstić information content (AvgIpc) is 2.43. The Labute approximate surface area is 116 Å². The zero-order valence-corrected chi connectivity index (χ0v) is 12.2. The van der Waals surface area contributed by atoms with Gasteiger partial charge in [-0.1, -0.05) is 26.0 Å². The molecule has 0 aromatic heterocycles. The van der Waals surface area contributed by atoms with Gasteiger partial charge in [-0.15, -0.1) is 0 Å². The van der Waals surface area contributed by atoms with Crippen LogP contribution in [0.2, 0.25) is 0 Å². The van der Waals surface area contributed by atoms with E-state index < -0.39 is 6.10 Å². The van der Waals surface area contributed by atoms with Crippen molar-refractivity contribution in [2.45, 2.75) is 26.4 Å². The van der Waals surface area contributed by atoms with E-state index in [9.17, 15) is 5.11 Å². The molecule has 0 amide bonds. The van der Waals surface area contributed by atoms with Gasteiger partial charge >= 0.3 is 0 Å². The third-order valence-electron chi connectivity index (χ3n) is 4.35. The summed E-state index contributed by atoms with van der Waals surface area (Å²) in [6.07, 6.45) is 0.822. The molecule has 1 aromatic carbocycles. The number of β-amino-alcohol motifs (C(OH)–C–C–N with tert-alkyl or cyclic N) is 1. The highest BCUT2D eigenvalue weighted by Crippen LogP contribution is 2.25. The SMILES string of the molecule is COc1ccc(C(O)CN2CCC(C)C(C)C2)cc1. The van der Waals surface area contributed by atoms with Crippen LogP contribution in [0.15, 0.2) is 24.3 Å². The van der Waals surface area contributed by atoms with Gasteiger partial charge in [0.1, 0.15) is 5.75 Å². The van der Waals surface area contributed by atoms with Crippen LogP contribution in [-0.4, -0.2) is 36.8 Å². The normalized spacial score (nSPS) is 26.1. The van der Waals surface area contributed by atoms with Gasteiger partial charge in [0.2, 0.25) is 0 Å². The summed E-state index contributed by atoms with van der Waals surface area (Å²) in [6, 6.07) is 7.69. The van der Waals surface area contributed by atoms with E-state index in [1.54, 1.807) is 7.11 Å². The maximum atomic E-state index is 10.3. The number of piperidine rings is 1. The minimum Gasteiger partial charge on any atom is -0.497 e. The standard InChI is InChI=1S/C16H25NO2/c1-12-8-9-17(10-13(12)2)11-16(18)14-4-6-15(19-3)7-5-14/h4-7,12-13,16,18H,8-11H2,1-3H3. The number of likely N-dealkylation sites (tertiary alicyclic amines) is 1. The molecule has 1 saturated heterocycles. The van der Waals surface area contributed by atoms with Gasteiger partial charge in [-0.25, -0.2) is 0 Å². The number of hydrogen-bond donors (Lipinski definition) is 1. The summed E-state index contributed by atoms with van der Waals surface area (Å²) >= 11 is 0. The smallest absolute Gasteiger partial charge is 0.118 e. The number of methoxy groups -OCH3 is 1. The van der Waals surface area contributed by atoms with Crippen molar-refractivity contribution in [1.29, 1.82) is 0 Å². The van der Waals surface area contributed by atoms with Crippen LogP contribution in [0, 0.1) is 11.8 Å². The first-order valence-corrected chi connectivity index (χ1v) is 7.14. The molecule has 3 heteroatoms. The largest absolute Gasteiger partial charge is 0.497 e. The topological polar surface area (TPSA) is 32.7 Å². The van der Waals surface area contributed by atoms with E-state index in [0.29, 0.717) is 0 Å². The van der Waals surface area contributed by atoms with E-state index in [1.807, 2.05) is 24.3 Å². The van der Waals surface area contributed by atoms with Crippen LogP contribution in [0.3, 0.4) is 0 Å². The Morgan fingerprint density at radius 3 is 2.53 bits per heavy atom. The third kappa shape index (κ3) is 3.71. The van der Waals surface area contributed by atoms with E-state index in [0.717, 1.165) is 42.8 Å². The fourth-order valence-electron chi connectivity index (χ4n) is 2.69. The minimum atomic E-state index is -0.411. The summed E-state index contributed by atoms with van der Waals surface area (Å²) in [5.41, 5.74) is 0.965. The lowest BCUT2D eigenvalue weighted by molar-refractivity contribution is 0.0705. The summed E-state index contributed by atoms with van der Waals surface area (Å²) in [4.78, 5) is 2.37. The van der Waals surface area contributed by atoms with E-state index in [1.165, 1.54) is 6.42 Å². The van der Waals surface area contributed by atoms with Crippen molar-refractivity contribution in [1.82, 2.24) is 4.90 Å². The Hall–Kier alpha value is -1.06. The summed E-state index contributed by atoms with van der Waals surface area (Å²) in [5, 5.41) is 10.3. The van der Waals surface area contributed by atoms with Gasteiger partial charge in [0.15, 0.2) is 0 Å². The predicted octanol–water partition coefficient (Wildman–Crippen LogP) is 2.71. The van der Waals surface area contributed by atoms with Gasteiger partial charge in [0.25, 0.3) is 0 Å². The van der Waals surface area contributed by atoms with Gasteiger partial charge in [-0.3, -0.25) is 0 Å². The molecule has 1 aromatic rings. The number of ether oxygens (including phenoxy) is 1. The van der Waals surface area contributed by atoms with Crippen LogP contribution in [0.4, 0.5) is 0 Å². The maximum Gasteiger partial charge on any atom is 0.118 e. The molecule has 1 N–H and O–H groups in total. The lowest BCUT2D eigenvalue weighted by atomic mass is 9.88. The van der Waals surface area contributed by atoms with Gasteiger partial charge in [-0.05, 0) is 42.5 Å². The molecule has 2 rings (SSSR count). The first kappa shape index (κ1) is 14.4. The van der Waals surface area contributed by atoms with Crippen molar-refractivity contribution in [3.05, 3.63) is 29.8 Å². The van der Waals surface area contributed by atoms with Crippen molar-refractivity contribution < 1.29 is 9.84 Å². The molecule has 0 bridgehead atoms. The lowest BCUT2D eigenvalue weighted by Crippen LogP contribution is -2.40. The van der Waals surface area contributed by atoms with Crippen LogP contribution in [0.1, 0.15) is 31.9 Å². The third-order valence-corrected chi connectivity index (χ3v) is 4.35. The predicted molar refractivity (Wildman–Crippen MR) is 77.3 cm³/mol. The fourth-order valence-corrected chi connectivity index (χ4v) is 2.69. The van der Waals surface area contributed by atoms with Crippen LogP contribution in [0.25, 0.3) is 0 Å². The molecule has 1 aliphatic rings. The number of benzene rings is 1. The second kappa shape index (κ2) is 6.40. The zero-order chi connectivity index (χ0) is 13.8. The zero-order valence-electron chi connectivity index (χ0n) is 12.2. The molecular weight excluding hydrogens is 238 g/mol. The summed E-state index contributed by atoms with van der Waals surface area (Å²) in [6.45, 7) is 7.54.